The summed E-state index contributed by atoms with van der Waals surface area (Å²) in [6, 6.07) is 10.1. The van der Waals surface area contributed by atoms with E-state index in [1.165, 1.54) is 5.56 Å². The summed E-state index contributed by atoms with van der Waals surface area (Å²) in [6.07, 6.45) is 1.70. The van der Waals surface area contributed by atoms with Crippen LogP contribution in [0.25, 0.3) is 0 Å². The molecular weight excluding hydrogens is 214 g/mol. The molecule has 0 aliphatic heterocycles. The average Bonchev–Trinajstić information content (AvgIpc) is 2.74. The number of nitrogens with two attached hydrogens (primary N) is 1. The lowest BCUT2D eigenvalue weighted by atomic mass is 9.97. The molecule has 3 N–H and O–H groups in total. The number of hydrogen-bond acceptors (Lipinski definition) is 3. The molecule has 4 heteroatoms. The maximum Gasteiger partial charge on any atom is 0.255 e. The van der Waals surface area contributed by atoms with Gasteiger partial charge < -0.3 is 5.73 Å². The van der Waals surface area contributed by atoms with Crippen LogP contribution in [0.15, 0.2) is 35.1 Å². The second-order valence-corrected chi connectivity index (χ2v) is 4.32. The smallest absolute Gasteiger partial charge is 0.255 e. The number of rotatable bonds is 1. The van der Waals surface area contributed by atoms with E-state index in [4.69, 9.17) is 5.73 Å². The molecule has 0 radical (unpaired) electrons. The second kappa shape index (κ2) is 3.73. The second-order valence-electron chi connectivity index (χ2n) is 4.32. The number of anilines is 1. The standard InChI is InChI=1S/C13H13N3O/c14-13-15-11-9(8-4-2-1-3-5-8)6-7-10(11)12(17)16-13/h1-5,9H,6-7H2,(H3,14,15,16,17). The van der Waals surface area contributed by atoms with E-state index >= 15 is 0 Å². The fourth-order valence-electron chi connectivity index (χ4n) is 2.50. The Bertz CT molecular complexity index is 604. The van der Waals surface area contributed by atoms with E-state index in [0.717, 1.165) is 24.1 Å². The number of hydrogen-bond donors (Lipinski definition) is 2. The molecule has 1 atom stereocenters. The van der Waals surface area contributed by atoms with Gasteiger partial charge in [0.1, 0.15) is 0 Å². The van der Waals surface area contributed by atoms with Gasteiger partial charge in [-0.05, 0) is 18.4 Å². The first kappa shape index (κ1) is 10.1. The van der Waals surface area contributed by atoms with Gasteiger partial charge in [-0.3, -0.25) is 9.78 Å². The molecule has 1 aliphatic carbocycles. The Morgan fingerprint density at radius 2 is 2.06 bits per heavy atom. The van der Waals surface area contributed by atoms with Crippen molar-refractivity contribution in [1.29, 1.82) is 0 Å². The molecule has 0 amide bonds. The highest BCUT2D eigenvalue weighted by Crippen LogP contribution is 2.35. The van der Waals surface area contributed by atoms with Crippen LogP contribution in [0.3, 0.4) is 0 Å². The molecule has 86 valence electrons. The summed E-state index contributed by atoms with van der Waals surface area (Å²) in [6.45, 7) is 0. The molecular formula is C13H13N3O. The van der Waals surface area contributed by atoms with E-state index in [-0.39, 0.29) is 17.4 Å². The van der Waals surface area contributed by atoms with Gasteiger partial charge in [-0.1, -0.05) is 30.3 Å². The minimum absolute atomic E-state index is 0.0917. The Balaban J connectivity index is 2.13. The normalized spacial score (nSPS) is 18.0. The van der Waals surface area contributed by atoms with Crippen LogP contribution >= 0.6 is 0 Å². The quantitative estimate of drug-likeness (QED) is 0.774. The molecule has 0 saturated heterocycles. The van der Waals surface area contributed by atoms with Gasteiger partial charge in [0, 0.05) is 11.5 Å². The van der Waals surface area contributed by atoms with Crippen molar-refractivity contribution in [2.24, 2.45) is 0 Å². The van der Waals surface area contributed by atoms with Crippen LogP contribution in [0, 0.1) is 0 Å². The predicted octanol–water partition coefficient (Wildman–Crippen LogP) is 1.43. The molecule has 17 heavy (non-hydrogen) atoms. The third kappa shape index (κ3) is 1.62. The zero-order valence-corrected chi connectivity index (χ0v) is 9.31. The van der Waals surface area contributed by atoms with Gasteiger partial charge in [0.15, 0.2) is 0 Å². The van der Waals surface area contributed by atoms with Gasteiger partial charge in [0.05, 0.1) is 5.69 Å². The van der Waals surface area contributed by atoms with Crippen molar-refractivity contribution in [3.05, 3.63) is 57.5 Å². The number of benzene rings is 1. The molecule has 0 saturated carbocycles. The van der Waals surface area contributed by atoms with Crippen LogP contribution in [0.1, 0.15) is 29.2 Å². The van der Waals surface area contributed by atoms with Gasteiger partial charge in [0.2, 0.25) is 5.95 Å². The Morgan fingerprint density at radius 1 is 1.29 bits per heavy atom. The van der Waals surface area contributed by atoms with Crippen molar-refractivity contribution in [2.45, 2.75) is 18.8 Å². The summed E-state index contributed by atoms with van der Waals surface area (Å²) in [7, 11) is 0. The number of aromatic nitrogens is 2. The van der Waals surface area contributed by atoms with Crippen LogP contribution in [0.4, 0.5) is 5.95 Å². The Morgan fingerprint density at radius 3 is 2.82 bits per heavy atom. The average molecular weight is 227 g/mol. The third-order valence-electron chi connectivity index (χ3n) is 3.28. The number of fused-ring (bicyclic) bond motifs is 1. The van der Waals surface area contributed by atoms with E-state index < -0.39 is 0 Å². The van der Waals surface area contributed by atoms with Crippen LogP contribution in [-0.4, -0.2) is 9.97 Å². The van der Waals surface area contributed by atoms with Gasteiger partial charge in [-0.25, -0.2) is 4.98 Å². The SMILES string of the molecule is Nc1nc2c(c(=O)[nH]1)CCC2c1ccccc1. The first-order chi connectivity index (χ1) is 8.25. The largest absolute Gasteiger partial charge is 0.369 e. The van der Waals surface area contributed by atoms with Crippen molar-refractivity contribution in [3.63, 3.8) is 0 Å². The molecule has 0 fully saturated rings. The Labute approximate surface area is 98.5 Å². The molecule has 1 aromatic heterocycles. The predicted molar refractivity (Wildman–Crippen MR) is 65.9 cm³/mol. The molecule has 1 heterocycles. The monoisotopic (exact) mass is 227 g/mol. The highest BCUT2D eigenvalue weighted by Gasteiger charge is 2.27. The molecule has 3 rings (SSSR count). The summed E-state index contributed by atoms with van der Waals surface area (Å²) < 4.78 is 0. The number of H-pyrrole nitrogens is 1. The van der Waals surface area contributed by atoms with Crippen molar-refractivity contribution in [3.8, 4) is 0 Å². The van der Waals surface area contributed by atoms with Gasteiger partial charge in [-0.2, -0.15) is 0 Å². The fourth-order valence-corrected chi connectivity index (χ4v) is 2.50. The van der Waals surface area contributed by atoms with Crippen molar-refractivity contribution in [2.75, 3.05) is 5.73 Å². The first-order valence-corrected chi connectivity index (χ1v) is 5.69. The van der Waals surface area contributed by atoms with Gasteiger partial charge >= 0.3 is 0 Å². The summed E-state index contributed by atoms with van der Waals surface area (Å²) in [5, 5.41) is 0. The molecule has 2 aromatic rings. The van der Waals surface area contributed by atoms with Crippen molar-refractivity contribution in [1.82, 2.24) is 9.97 Å². The molecule has 1 unspecified atom stereocenters. The van der Waals surface area contributed by atoms with Crippen LogP contribution in [-0.2, 0) is 6.42 Å². The van der Waals surface area contributed by atoms with Crippen LogP contribution < -0.4 is 11.3 Å². The molecule has 4 nitrogen and oxygen atoms in total. The summed E-state index contributed by atoms with van der Waals surface area (Å²) >= 11 is 0. The van der Waals surface area contributed by atoms with Crippen molar-refractivity contribution >= 4 is 5.95 Å². The van der Waals surface area contributed by atoms with E-state index in [1.807, 2.05) is 18.2 Å². The van der Waals surface area contributed by atoms with Gasteiger partial charge in [0.25, 0.3) is 5.56 Å². The Hall–Kier alpha value is -2.10. The maximum absolute atomic E-state index is 11.7. The van der Waals surface area contributed by atoms with E-state index in [0.29, 0.717) is 0 Å². The zero-order valence-electron chi connectivity index (χ0n) is 9.31. The number of nitrogens with one attached hydrogen (secondary N) is 1. The number of nitrogen functional groups attached to an aromatic ring is 1. The first-order valence-electron chi connectivity index (χ1n) is 5.69. The Kier molecular flexibility index (Phi) is 2.21. The lowest BCUT2D eigenvalue weighted by molar-refractivity contribution is 0.772. The molecule has 0 spiro atoms. The lowest BCUT2D eigenvalue weighted by Gasteiger charge is -2.10. The molecule has 0 bridgehead atoms. The highest BCUT2D eigenvalue weighted by atomic mass is 16.1. The highest BCUT2D eigenvalue weighted by molar-refractivity contribution is 5.39. The maximum atomic E-state index is 11.7. The topological polar surface area (TPSA) is 71.8 Å². The summed E-state index contributed by atoms with van der Waals surface area (Å²) in [5.74, 6) is 0.410. The minimum atomic E-state index is -0.0917. The fraction of sp³-hybridized carbons (Fsp3) is 0.231. The third-order valence-corrected chi connectivity index (χ3v) is 3.28. The van der Waals surface area contributed by atoms with Crippen LogP contribution in [0.5, 0.6) is 0 Å². The zero-order chi connectivity index (χ0) is 11.8. The summed E-state index contributed by atoms with van der Waals surface area (Å²) in [5.41, 5.74) is 8.34. The van der Waals surface area contributed by atoms with E-state index in [9.17, 15) is 4.79 Å². The molecule has 1 aliphatic rings. The minimum Gasteiger partial charge on any atom is -0.369 e. The summed E-state index contributed by atoms with van der Waals surface area (Å²) in [4.78, 5) is 18.6. The van der Waals surface area contributed by atoms with E-state index in [1.54, 1.807) is 0 Å². The van der Waals surface area contributed by atoms with Crippen LogP contribution in [0.2, 0.25) is 0 Å². The lowest BCUT2D eigenvalue weighted by Crippen LogP contribution is -2.17. The van der Waals surface area contributed by atoms with E-state index in [2.05, 4.69) is 22.1 Å². The van der Waals surface area contributed by atoms with Gasteiger partial charge in [-0.15, -0.1) is 0 Å². The number of aromatic amines is 1. The molecule has 1 aromatic carbocycles. The number of nitrogens with zero attached hydrogens (tertiary/aromatic N) is 1. The van der Waals surface area contributed by atoms with Crippen molar-refractivity contribution < 1.29 is 0 Å².